The van der Waals surface area contributed by atoms with Crippen LogP contribution in [0.3, 0.4) is 0 Å². The van der Waals surface area contributed by atoms with Crippen LogP contribution in [0, 0.1) is 11.3 Å². The highest BCUT2D eigenvalue weighted by molar-refractivity contribution is 9.10. The van der Waals surface area contributed by atoms with Gasteiger partial charge >= 0.3 is 0 Å². The SMILES string of the molecule is N#Cc1ccc(Br)c(Oc2c(N)ccnc2Cl)c1. The second-order valence-electron chi connectivity index (χ2n) is 3.38. The standard InChI is InChI=1S/C12H7BrClN3O/c13-8-2-1-7(6-15)5-10(8)18-11-9(16)3-4-17-12(11)14/h1-5H,(H2,16,17). The first-order valence-corrected chi connectivity index (χ1v) is 6.06. The molecule has 18 heavy (non-hydrogen) atoms. The van der Waals surface area contributed by atoms with Crippen molar-refractivity contribution < 1.29 is 4.74 Å². The molecule has 0 amide bonds. The van der Waals surface area contributed by atoms with E-state index >= 15 is 0 Å². The van der Waals surface area contributed by atoms with Crippen molar-refractivity contribution in [1.29, 1.82) is 5.26 Å². The fraction of sp³-hybridized carbons (Fsp3) is 0. The number of nitrogen functional groups attached to an aromatic ring is 1. The molecule has 0 saturated heterocycles. The van der Waals surface area contributed by atoms with Gasteiger partial charge in [0.25, 0.3) is 0 Å². The first-order chi connectivity index (χ1) is 8.61. The van der Waals surface area contributed by atoms with Crippen LogP contribution in [0.4, 0.5) is 5.69 Å². The van der Waals surface area contributed by atoms with Gasteiger partial charge in [-0.1, -0.05) is 11.6 Å². The predicted molar refractivity (Wildman–Crippen MR) is 72.6 cm³/mol. The topological polar surface area (TPSA) is 71.9 Å². The van der Waals surface area contributed by atoms with E-state index in [2.05, 4.69) is 20.9 Å². The highest BCUT2D eigenvalue weighted by Gasteiger charge is 2.11. The maximum Gasteiger partial charge on any atom is 0.187 e. The zero-order valence-corrected chi connectivity index (χ0v) is 11.4. The Hall–Kier alpha value is -1.77. The molecule has 0 aliphatic heterocycles. The van der Waals surface area contributed by atoms with Crippen LogP contribution in [-0.4, -0.2) is 4.98 Å². The van der Waals surface area contributed by atoms with E-state index in [9.17, 15) is 0 Å². The lowest BCUT2D eigenvalue weighted by Crippen LogP contribution is -1.95. The van der Waals surface area contributed by atoms with Crippen LogP contribution in [-0.2, 0) is 0 Å². The average Bonchev–Trinajstić information content (AvgIpc) is 2.36. The van der Waals surface area contributed by atoms with Gasteiger partial charge < -0.3 is 10.5 Å². The van der Waals surface area contributed by atoms with Crippen LogP contribution in [0.2, 0.25) is 5.15 Å². The van der Waals surface area contributed by atoms with Gasteiger partial charge in [-0.2, -0.15) is 5.26 Å². The number of aromatic nitrogens is 1. The smallest absolute Gasteiger partial charge is 0.187 e. The Morgan fingerprint density at radius 1 is 1.39 bits per heavy atom. The van der Waals surface area contributed by atoms with Crippen molar-refractivity contribution in [3.05, 3.63) is 45.7 Å². The summed E-state index contributed by atoms with van der Waals surface area (Å²) in [7, 11) is 0. The number of nitrogens with zero attached hydrogens (tertiary/aromatic N) is 2. The quantitative estimate of drug-likeness (QED) is 0.854. The fourth-order valence-corrected chi connectivity index (χ4v) is 1.83. The number of benzene rings is 1. The highest BCUT2D eigenvalue weighted by Crippen LogP contribution is 2.36. The van der Waals surface area contributed by atoms with E-state index in [1.54, 1.807) is 24.3 Å². The van der Waals surface area contributed by atoms with Crippen molar-refractivity contribution in [2.45, 2.75) is 0 Å². The summed E-state index contributed by atoms with van der Waals surface area (Å²) in [5.74, 6) is 0.727. The fourth-order valence-electron chi connectivity index (χ4n) is 1.30. The largest absolute Gasteiger partial charge is 0.451 e. The first-order valence-electron chi connectivity index (χ1n) is 4.89. The number of ether oxygens (including phenoxy) is 1. The second-order valence-corrected chi connectivity index (χ2v) is 4.59. The van der Waals surface area contributed by atoms with Crippen molar-refractivity contribution in [2.75, 3.05) is 5.73 Å². The minimum Gasteiger partial charge on any atom is -0.451 e. The van der Waals surface area contributed by atoms with Crippen LogP contribution in [0.1, 0.15) is 5.56 Å². The molecule has 0 aliphatic rings. The third-order valence-electron chi connectivity index (χ3n) is 2.16. The number of hydrogen-bond donors (Lipinski definition) is 1. The number of anilines is 1. The molecule has 0 atom stereocenters. The average molecular weight is 325 g/mol. The van der Waals surface area contributed by atoms with Gasteiger partial charge in [-0.3, -0.25) is 0 Å². The molecule has 1 heterocycles. The van der Waals surface area contributed by atoms with Crippen LogP contribution in [0.5, 0.6) is 11.5 Å². The van der Waals surface area contributed by atoms with Gasteiger partial charge in [0.05, 0.1) is 21.8 Å². The molecule has 0 fully saturated rings. The number of halogens is 2. The van der Waals surface area contributed by atoms with Gasteiger partial charge in [0.2, 0.25) is 0 Å². The Morgan fingerprint density at radius 2 is 2.17 bits per heavy atom. The van der Waals surface area contributed by atoms with E-state index in [1.807, 2.05) is 6.07 Å². The third kappa shape index (κ3) is 2.55. The predicted octanol–water partition coefficient (Wildman–Crippen LogP) is 3.74. The summed E-state index contributed by atoms with van der Waals surface area (Å²) in [6, 6.07) is 8.59. The molecule has 2 aromatic rings. The van der Waals surface area contributed by atoms with E-state index in [-0.39, 0.29) is 10.9 Å². The monoisotopic (exact) mass is 323 g/mol. The van der Waals surface area contributed by atoms with Crippen molar-refractivity contribution in [3.8, 4) is 17.6 Å². The minimum atomic E-state index is 0.171. The summed E-state index contributed by atoms with van der Waals surface area (Å²) in [4.78, 5) is 3.89. The molecule has 0 saturated carbocycles. The molecule has 1 aromatic heterocycles. The molecule has 2 N–H and O–H groups in total. The normalized spacial score (nSPS) is 9.83. The minimum absolute atomic E-state index is 0.171. The van der Waals surface area contributed by atoms with Gasteiger partial charge in [-0.25, -0.2) is 4.98 Å². The lowest BCUT2D eigenvalue weighted by atomic mass is 10.2. The molecule has 0 radical (unpaired) electrons. The Labute approximate surface area is 117 Å². The second kappa shape index (κ2) is 5.25. The van der Waals surface area contributed by atoms with Crippen LogP contribution < -0.4 is 10.5 Å². The van der Waals surface area contributed by atoms with E-state index < -0.39 is 0 Å². The molecule has 0 unspecified atom stereocenters. The lowest BCUT2D eigenvalue weighted by Gasteiger charge is -2.10. The maximum atomic E-state index is 8.84. The Morgan fingerprint density at radius 3 is 2.83 bits per heavy atom. The van der Waals surface area contributed by atoms with Gasteiger partial charge in [0.15, 0.2) is 10.9 Å². The number of rotatable bonds is 2. The summed E-state index contributed by atoms with van der Waals surface area (Å²) >= 11 is 9.24. The van der Waals surface area contributed by atoms with E-state index in [0.29, 0.717) is 21.5 Å². The van der Waals surface area contributed by atoms with E-state index in [4.69, 9.17) is 27.3 Å². The summed E-state index contributed by atoms with van der Waals surface area (Å²) < 4.78 is 6.29. The Kier molecular flexibility index (Phi) is 3.70. The van der Waals surface area contributed by atoms with Crippen molar-refractivity contribution in [2.24, 2.45) is 0 Å². The third-order valence-corrected chi connectivity index (χ3v) is 3.09. The molecule has 4 nitrogen and oxygen atoms in total. The van der Waals surface area contributed by atoms with Crippen LogP contribution in [0.25, 0.3) is 0 Å². The Balaban J connectivity index is 2.43. The molecule has 0 spiro atoms. The molecule has 0 aliphatic carbocycles. The van der Waals surface area contributed by atoms with Crippen molar-refractivity contribution in [1.82, 2.24) is 4.98 Å². The van der Waals surface area contributed by atoms with Gasteiger partial charge in [0, 0.05) is 6.20 Å². The number of hydrogen-bond acceptors (Lipinski definition) is 4. The molecule has 2 rings (SSSR count). The molecule has 1 aromatic carbocycles. The maximum absolute atomic E-state index is 8.84. The summed E-state index contributed by atoms with van der Waals surface area (Å²) in [5.41, 5.74) is 6.62. The van der Waals surface area contributed by atoms with E-state index in [0.717, 1.165) is 0 Å². The number of pyridine rings is 1. The van der Waals surface area contributed by atoms with E-state index in [1.165, 1.54) is 6.20 Å². The van der Waals surface area contributed by atoms with Crippen LogP contribution in [0.15, 0.2) is 34.9 Å². The molecule has 6 heteroatoms. The van der Waals surface area contributed by atoms with Crippen LogP contribution >= 0.6 is 27.5 Å². The highest BCUT2D eigenvalue weighted by atomic mass is 79.9. The number of nitriles is 1. The molecular formula is C12H7BrClN3O. The zero-order chi connectivity index (χ0) is 13.1. The number of nitrogens with two attached hydrogens (primary N) is 1. The first kappa shape index (κ1) is 12.7. The van der Waals surface area contributed by atoms with Gasteiger partial charge in [0.1, 0.15) is 5.75 Å². The van der Waals surface area contributed by atoms with Crippen molar-refractivity contribution >= 4 is 33.2 Å². The summed E-state index contributed by atoms with van der Waals surface area (Å²) in [6.07, 6.45) is 1.49. The Bertz CT molecular complexity index is 619. The van der Waals surface area contributed by atoms with Gasteiger partial charge in [-0.15, -0.1) is 0 Å². The lowest BCUT2D eigenvalue weighted by molar-refractivity contribution is 0.480. The summed E-state index contributed by atoms with van der Waals surface area (Å²) in [6.45, 7) is 0. The van der Waals surface area contributed by atoms with Gasteiger partial charge in [-0.05, 0) is 40.2 Å². The zero-order valence-electron chi connectivity index (χ0n) is 9.02. The molecule has 90 valence electrons. The molecular weight excluding hydrogens is 318 g/mol. The van der Waals surface area contributed by atoms with Crippen molar-refractivity contribution in [3.63, 3.8) is 0 Å². The summed E-state index contributed by atoms with van der Waals surface area (Å²) in [5, 5.41) is 9.01. The molecule has 0 bridgehead atoms.